The van der Waals surface area contributed by atoms with Crippen molar-refractivity contribution in [3.05, 3.63) is 87.0 Å². The molecule has 34 heavy (non-hydrogen) atoms. The number of rotatable bonds is 6. The van der Waals surface area contributed by atoms with E-state index in [4.69, 9.17) is 9.47 Å². The third kappa shape index (κ3) is 4.91. The zero-order valence-electron chi connectivity index (χ0n) is 18.6. The van der Waals surface area contributed by atoms with Crippen molar-refractivity contribution < 1.29 is 23.9 Å². The summed E-state index contributed by atoms with van der Waals surface area (Å²) in [5.41, 5.74) is 5.44. The lowest BCUT2D eigenvalue weighted by Gasteiger charge is -2.17. The molecule has 0 aliphatic heterocycles. The van der Waals surface area contributed by atoms with Gasteiger partial charge in [-0.1, -0.05) is 48.5 Å². The predicted octanol–water partition coefficient (Wildman–Crippen LogP) is 4.94. The van der Waals surface area contributed by atoms with Crippen LogP contribution in [0.1, 0.15) is 34.3 Å². The molecule has 0 unspecified atom stereocenters. The lowest BCUT2D eigenvalue weighted by Crippen LogP contribution is -2.42. The van der Waals surface area contributed by atoms with Crippen molar-refractivity contribution in [3.63, 3.8) is 0 Å². The fraction of sp³-hybridized carbons (Fsp3) is 0.192. The van der Waals surface area contributed by atoms with Gasteiger partial charge in [0, 0.05) is 15.2 Å². The van der Waals surface area contributed by atoms with Crippen LogP contribution in [0, 0.1) is 3.57 Å². The average Bonchev–Trinajstić information content (AvgIpc) is 3.16. The topological polar surface area (TPSA) is 93.7 Å². The van der Waals surface area contributed by atoms with Crippen molar-refractivity contribution in [2.45, 2.75) is 18.9 Å². The summed E-state index contributed by atoms with van der Waals surface area (Å²) in [4.78, 5) is 36.7. The van der Waals surface area contributed by atoms with Crippen LogP contribution in [0.3, 0.4) is 0 Å². The molecule has 1 atom stereocenters. The number of esters is 1. The highest BCUT2D eigenvalue weighted by Crippen LogP contribution is 2.44. The van der Waals surface area contributed by atoms with Gasteiger partial charge in [-0.25, -0.2) is 9.59 Å². The molecule has 0 saturated heterocycles. The lowest BCUT2D eigenvalue weighted by molar-refractivity contribution is -0.117. The van der Waals surface area contributed by atoms with Crippen LogP contribution >= 0.6 is 22.6 Å². The first-order chi connectivity index (χ1) is 16.4. The molecule has 0 heterocycles. The fourth-order valence-electron chi connectivity index (χ4n) is 4.00. The van der Waals surface area contributed by atoms with E-state index in [1.165, 1.54) is 7.11 Å². The van der Waals surface area contributed by atoms with Gasteiger partial charge in [0.15, 0.2) is 0 Å². The number of nitrogens with one attached hydrogen (secondary N) is 2. The first kappa shape index (κ1) is 23.7. The molecule has 174 valence electrons. The van der Waals surface area contributed by atoms with Crippen LogP contribution in [0.4, 0.5) is 10.5 Å². The van der Waals surface area contributed by atoms with Gasteiger partial charge in [0.05, 0.1) is 12.7 Å². The maximum Gasteiger partial charge on any atom is 0.407 e. The van der Waals surface area contributed by atoms with Crippen molar-refractivity contribution in [1.82, 2.24) is 5.32 Å². The van der Waals surface area contributed by atoms with E-state index in [0.717, 1.165) is 22.3 Å². The quantitative estimate of drug-likeness (QED) is 0.324. The molecule has 0 radical (unpaired) electrons. The minimum atomic E-state index is -0.825. The third-order valence-corrected chi connectivity index (χ3v) is 6.61. The second-order valence-corrected chi connectivity index (χ2v) is 9.03. The van der Waals surface area contributed by atoms with Crippen molar-refractivity contribution >= 4 is 46.2 Å². The molecule has 8 heteroatoms. The molecule has 4 rings (SSSR count). The van der Waals surface area contributed by atoms with E-state index in [1.54, 1.807) is 25.1 Å². The highest BCUT2D eigenvalue weighted by molar-refractivity contribution is 14.1. The minimum absolute atomic E-state index is 0.0577. The van der Waals surface area contributed by atoms with E-state index in [1.807, 2.05) is 59.0 Å². The van der Waals surface area contributed by atoms with Gasteiger partial charge in [-0.3, -0.25) is 4.79 Å². The molecular formula is C26H23IN2O5. The largest absolute Gasteiger partial charge is 0.465 e. The molecule has 0 saturated carbocycles. The highest BCUT2D eigenvalue weighted by Gasteiger charge is 2.29. The molecule has 3 aromatic rings. The van der Waals surface area contributed by atoms with Gasteiger partial charge in [0.2, 0.25) is 5.91 Å². The van der Waals surface area contributed by atoms with E-state index in [0.29, 0.717) is 14.8 Å². The Morgan fingerprint density at radius 2 is 1.59 bits per heavy atom. The molecule has 2 N–H and O–H groups in total. The molecule has 3 aromatic carbocycles. The van der Waals surface area contributed by atoms with Gasteiger partial charge in [-0.2, -0.15) is 0 Å². The molecule has 0 spiro atoms. The number of alkyl carbamates (subject to hydrolysis) is 1. The van der Waals surface area contributed by atoms with E-state index in [-0.39, 0.29) is 12.5 Å². The van der Waals surface area contributed by atoms with E-state index in [2.05, 4.69) is 22.8 Å². The van der Waals surface area contributed by atoms with E-state index >= 15 is 0 Å². The lowest BCUT2D eigenvalue weighted by atomic mass is 9.98. The maximum absolute atomic E-state index is 12.5. The Bertz CT molecular complexity index is 1210. The van der Waals surface area contributed by atoms with Gasteiger partial charge in [-0.05, 0) is 70.0 Å². The first-order valence-corrected chi connectivity index (χ1v) is 11.8. The standard InChI is InChI=1S/C26H23IN2O5/c1-15(24(30)29-16-11-12-21(23(27)13-16)25(31)33-2)28-26(32)34-14-22-19-9-5-3-7-17(19)18-8-4-6-10-20(18)22/h3-13,15,22H,14H2,1-2H3,(H,28,32)(H,29,30)/t15-/m0/s1. The second kappa shape index (κ2) is 10.3. The van der Waals surface area contributed by atoms with Crippen LogP contribution in [-0.4, -0.2) is 37.7 Å². The first-order valence-electron chi connectivity index (χ1n) is 10.7. The van der Waals surface area contributed by atoms with Crippen LogP contribution in [0.5, 0.6) is 0 Å². The molecule has 1 aliphatic rings. The maximum atomic E-state index is 12.5. The van der Waals surface area contributed by atoms with Crippen molar-refractivity contribution in [2.75, 3.05) is 19.0 Å². The summed E-state index contributed by atoms with van der Waals surface area (Å²) < 4.78 is 10.9. The molecule has 0 fully saturated rings. The highest BCUT2D eigenvalue weighted by atomic mass is 127. The Morgan fingerprint density at radius 3 is 2.18 bits per heavy atom. The molecular weight excluding hydrogens is 547 g/mol. The van der Waals surface area contributed by atoms with Gasteiger partial charge >= 0.3 is 12.1 Å². The van der Waals surface area contributed by atoms with Crippen LogP contribution in [-0.2, 0) is 14.3 Å². The number of halogens is 1. The summed E-state index contributed by atoms with van der Waals surface area (Å²) in [5.74, 6) is -0.916. The van der Waals surface area contributed by atoms with Crippen LogP contribution < -0.4 is 10.6 Å². The number of hydrogen-bond acceptors (Lipinski definition) is 5. The molecule has 2 amide bonds. The Labute approximate surface area is 211 Å². The van der Waals surface area contributed by atoms with Crippen molar-refractivity contribution in [3.8, 4) is 11.1 Å². The van der Waals surface area contributed by atoms with Crippen molar-refractivity contribution in [1.29, 1.82) is 0 Å². The summed E-state index contributed by atoms with van der Waals surface area (Å²) in [6.07, 6.45) is -0.667. The number of benzene rings is 3. The number of anilines is 1. The smallest absolute Gasteiger partial charge is 0.407 e. The SMILES string of the molecule is COC(=O)c1ccc(NC(=O)[C@H](C)NC(=O)OCC2c3ccccc3-c3ccccc32)cc1I. The van der Waals surface area contributed by atoms with Crippen LogP contribution in [0.25, 0.3) is 11.1 Å². The van der Waals surface area contributed by atoms with Gasteiger partial charge < -0.3 is 20.1 Å². The fourth-order valence-corrected chi connectivity index (χ4v) is 4.74. The second-order valence-electron chi connectivity index (χ2n) is 7.87. The summed E-state index contributed by atoms with van der Waals surface area (Å²) in [5, 5.41) is 5.31. The van der Waals surface area contributed by atoms with Gasteiger partial charge in [0.1, 0.15) is 12.6 Å². The van der Waals surface area contributed by atoms with Crippen LogP contribution in [0.2, 0.25) is 0 Å². The normalized spacial score (nSPS) is 12.8. The van der Waals surface area contributed by atoms with Crippen molar-refractivity contribution in [2.24, 2.45) is 0 Å². The predicted molar refractivity (Wildman–Crippen MR) is 137 cm³/mol. The number of amides is 2. The molecule has 0 aromatic heterocycles. The number of carbonyl (C=O) groups excluding carboxylic acids is 3. The van der Waals surface area contributed by atoms with E-state index < -0.39 is 24.0 Å². The summed E-state index contributed by atoms with van der Waals surface area (Å²) in [7, 11) is 1.31. The Balaban J connectivity index is 1.34. The molecule has 0 bridgehead atoms. The Hall–Kier alpha value is -3.40. The zero-order valence-corrected chi connectivity index (χ0v) is 20.8. The minimum Gasteiger partial charge on any atom is -0.465 e. The van der Waals surface area contributed by atoms with Gasteiger partial charge in [0.25, 0.3) is 0 Å². The number of ether oxygens (including phenoxy) is 2. The average molecular weight is 570 g/mol. The molecule has 7 nitrogen and oxygen atoms in total. The Kier molecular flexibility index (Phi) is 7.16. The Morgan fingerprint density at radius 1 is 0.971 bits per heavy atom. The summed E-state index contributed by atoms with van der Waals surface area (Å²) >= 11 is 2.00. The van der Waals surface area contributed by atoms with Crippen LogP contribution in [0.15, 0.2) is 66.7 Å². The van der Waals surface area contributed by atoms with E-state index in [9.17, 15) is 14.4 Å². The number of hydrogen-bond donors (Lipinski definition) is 2. The number of methoxy groups -OCH3 is 1. The summed E-state index contributed by atoms with van der Waals surface area (Å²) in [6.45, 7) is 1.74. The zero-order chi connectivity index (χ0) is 24.2. The monoisotopic (exact) mass is 570 g/mol. The van der Waals surface area contributed by atoms with Gasteiger partial charge in [-0.15, -0.1) is 0 Å². The number of fused-ring (bicyclic) bond motifs is 3. The number of carbonyl (C=O) groups is 3. The third-order valence-electron chi connectivity index (χ3n) is 5.71. The molecule has 1 aliphatic carbocycles. The summed E-state index contributed by atoms with van der Waals surface area (Å²) in [6, 6.07) is 20.2.